The van der Waals surface area contributed by atoms with Crippen molar-refractivity contribution in [3.63, 3.8) is 0 Å². The molecule has 124 valence electrons. The van der Waals surface area contributed by atoms with Crippen LogP contribution in [0.3, 0.4) is 0 Å². The summed E-state index contributed by atoms with van der Waals surface area (Å²) in [5, 5.41) is 4.50. The standard InChI is InChI=1S/C15H19N3O4S/c1-19-11-3-4-12(13(9-11)20-2)14-16-18(15(23)22-14)10-17-5-7-21-8-6-17/h3-4,9H,5-8,10H2,1-2H3/p+1. The molecule has 8 heteroatoms. The Morgan fingerprint density at radius 2 is 2.04 bits per heavy atom. The van der Waals surface area contributed by atoms with E-state index < -0.39 is 0 Å². The van der Waals surface area contributed by atoms with Crippen LogP contribution in [0.1, 0.15) is 0 Å². The van der Waals surface area contributed by atoms with Crippen LogP contribution in [0, 0.1) is 4.84 Å². The maximum absolute atomic E-state index is 5.66. The van der Waals surface area contributed by atoms with Gasteiger partial charge in [0.15, 0.2) is 6.67 Å². The van der Waals surface area contributed by atoms with Crippen molar-refractivity contribution < 1.29 is 23.5 Å². The number of ether oxygens (including phenoxy) is 3. The van der Waals surface area contributed by atoms with Gasteiger partial charge in [0.05, 0.1) is 33.0 Å². The predicted octanol–water partition coefficient (Wildman–Crippen LogP) is 0.762. The van der Waals surface area contributed by atoms with E-state index in [0.717, 1.165) is 31.9 Å². The molecule has 2 aromatic rings. The lowest BCUT2D eigenvalue weighted by molar-refractivity contribution is -0.931. The molecule has 0 radical (unpaired) electrons. The first-order chi connectivity index (χ1) is 11.2. The van der Waals surface area contributed by atoms with Crippen LogP contribution in [0.4, 0.5) is 0 Å². The van der Waals surface area contributed by atoms with Crippen LogP contribution < -0.4 is 14.4 Å². The smallest absolute Gasteiger partial charge is 0.292 e. The predicted molar refractivity (Wildman–Crippen MR) is 85.4 cm³/mol. The van der Waals surface area contributed by atoms with E-state index >= 15 is 0 Å². The fourth-order valence-corrected chi connectivity index (χ4v) is 2.70. The quantitative estimate of drug-likeness (QED) is 0.813. The topological polar surface area (TPSA) is 63.1 Å². The number of nitrogens with zero attached hydrogens (tertiary/aromatic N) is 2. The van der Waals surface area contributed by atoms with Gasteiger partial charge >= 0.3 is 0 Å². The third kappa shape index (κ3) is 3.54. The van der Waals surface area contributed by atoms with Gasteiger partial charge in [0.25, 0.3) is 10.7 Å². The fraction of sp³-hybridized carbons (Fsp3) is 0.467. The van der Waals surface area contributed by atoms with Crippen molar-refractivity contribution in [3.8, 4) is 23.0 Å². The van der Waals surface area contributed by atoms with Gasteiger partial charge in [0.2, 0.25) is 0 Å². The van der Waals surface area contributed by atoms with Gasteiger partial charge in [-0.3, -0.25) is 0 Å². The van der Waals surface area contributed by atoms with E-state index in [9.17, 15) is 0 Å². The molecule has 0 amide bonds. The molecule has 0 saturated carbocycles. The molecule has 2 heterocycles. The Hall–Kier alpha value is -1.90. The number of hydrogen-bond donors (Lipinski definition) is 1. The number of hydrogen-bond acceptors (Lipinski definition) is 6. The van der Waals surface area contributed by atoms with E-state index in [4.69, 9.17) is 30.8 Å². The minimum absolute atomic E-state index is 0.358. The minimum atomic E-state index is 0.358. The number of rotatable bonds is 5. The number of nitrogens with one attached hydrogen (secondary N) is 1. The van der Waals surface area contributed by atoms with E-state index in [1.54, 1.807) is 25.0 Å². The van der Waals surface area contributed by atoms with Gasteiger partial charge in [-0.25, -0.2) is 0 Å². The van der Waals surface area contributed by atoms with Crippen molar-refractivity contribution >= 4 is 12.2 Å². The van der Waals surface area contributed by atoms with Gasteiger partial charge in [-0.2, -0.15) is 4.68 Å². The lowest BCUT2D eigenvalue weighted by Gasteiger charge is -2.22. The van der Waals surface area contributed by atoms with E-state index in [1.165, 1.54) is 4.90 Å². The molecule has 7 nitrogen and oxygen atoms in total. The molecule has 1 aromatic heterocycles. The second-order valence-electron chi connectivity index (χ2n) is 5.26. The second kappa shape index (κ2) is 7.12. The van der Waals surface area contributed by atoms with Gasteiger partial charge in [-0.1, -0.05) is 0 Å². The Morgan fingerprint density at radius 3 is 2.74 bits per heavy atom. The Balaban J connectivity index is 1.86. The highest BCUT2D eigenvalue weighted by Gasteiger charge is 2.19. The summed E-state index contributed by atoms with van der Waals surface area (Å²) >= 11 is 5.29. The van der Waals surface area contributed by atoms with Crippen LogP contribution in [0.2, 0.25) is 0 Å². The summed E-state index contributed by atoms with van der Waals surface area (Å²) in [6.07, 6.45) is 0. The Bertz CT molecular complexity index is 722. The molecule has 1 saturated heterocycles. The van der Waals surface area contributed by atoms with Crippen molar-refractivity contribution in [2.24, 2.45) is 0 Å². The number of methoxy groups -OCH3 is 2. The highest BCUT2D eigenvalue weighted by molar-refractivity contribution is 7.71. The number of quaternary nitrogens is 1. The zero-order chi connectivity index (χ0) is 16.2. The summed E-state index contributed by atoms with van der Waals surface area (Å²) in [5.74, 6) is 1.79. The maximum Gasteiger partial charge on any atom is 0.292 e. The van der Waals surface area contributed by atoms with E-state index in [1.807, 2.05) is 12.1 Å². The number of morpholine rings is 1. The second-order valence-corrected chi connectivity index (χ2v) is 5.61. The van der Waals surface area contributed by atoms with Crippen LogP contribution in [-0.4, -0.2) is 50.3 Å². The molecule has 1 aliphatic heterocycles. The van der Waals surface area contributed by atoms with Crippen molar-refractivity contribution in [2.45, 2.75) is 6.67 Å². The molecular weight excluding hydrogens is 318 g/mol. The van der Waals surface area contributed by atoms with E-state index in [2.05, 4.69) is 5.10 Å². The molecule has 1 aromatic carbocycles. The zero-order valence-electron chi connectivity index (χ0n) is 13.2. The van der Waals surface area contributed by atoms with Gasteiger partial charge in [-0.15, -0.1) is 5.10 Å². The Labute approximate surface area is 139 Å². The largest absolute Gasteiger partial charge is 0.497 e. The highest BCUT2D eigenvalue weighted by atomic mass is 32.1. The van der Waals surface area contributed by atoms with E-state index in [0.29, 0.717) is 28.9 Å². The first-order valence-corrected chi connectivity index (χ1v) is 7.83. The molecule has 0 aliphatic carbocycles. The van der Waals surface area contributed by atoms with Crippen molar-refractivity contribution in [3.05, 3.63) is 23.0 Å². The van der Waals surface area contributed by atoms with Crippen molar-refractivity contribution in [2.75, 3.05) is 40.5 Å². The van der Waals surface area contributed by atoms with Crippen LogP contribution in [-0.2, 0) is 11.4 Å². The fourth-order valence-electron chi connectivity index (χ4n) is 2.52. The molecule has 3 rings (SSSR count). The third-order valence-corrected chi connectivity index (χ3v) is 4.11. The van der Waals surface area contributed by atoms with Crippen LogP contribution >= 0.6 is 12.2 Å². The monoisotopic (exact) mass is 338 g/mol. The Morgan fingerprint density at radius 1 is 1.26 bits per heavy atom. The Kier molecular flexibility index (Phi) is 4.94. The maximum atomic E-state index is 5.66. The van der Waals surface area contributed by atoms with Gasteiger partial charge in [-0.05, 0) is 24.4 Å². The normalized spacial score (nSPS) is 15.6. The summed E-state index contributed by atoms with van der Waals surface area (Å²) in [5.41, 5.74) is 0.745. The SMILES string of the molecule is COc1ccc(-c2nn(C[NH+]3CCOCC3)c(=S)o2)c(OC)c1. The third-order valence-electron chi connectivity index (χ3n) is 3.82. The minimum Gasteiger partial charge on any atom is -0.497 e. The van der Waals surface area contributed by atoms with Gasteiger partial charge in [0.1, 0.15) is 24.6 Å². The molecule has 0 atom stereocenters. The lowest BCUT2D eigenvalue weighted by Crippen LogP contribution is -3.13. The number of benzene rings is 1. The van der Waals surface area contributed by atoms with Gasteiger partial charge in [0, 0.05) is 6.07 Å². The molecule has 23 heavy (non-hydrogen) atoms. The van der Waals surface area contributed by atoms with Crippen LogP contribution in [0.15, 0.2) is 22.6 Å². The van der Waals surface area contributed by atoms with Crippen LogP contribution in [0.5, 0.6) is 11.5 Å². The first-order valence-electron chi connectivity index (χ1n) is 7.43. The summed E-state index contributed by atoms with van der Waals surface area (Å²) < 4.78 is 23.3. The summed E-state index contributed by atoms with van der Waals surface area (Å²) in [7, 11) is 3.21. The molecule has 0 spiro atoms. The first kappa shape index (κ1) is 16.0. The molecule has 0 bridgehead atoms. The molecular formula is C15H20N3O4S+. The summed E-state index contributed by atoms with van der Waals surface area (Å²) in [6, 6.07) is 5.48. The molecule has 1 fully saturated rings. The average molecular weight is 338 g/mol. The lowest BCUT2D eigenvalue weighted by atomic mass is 10.2. The van der Waals surface area contributed by atoms with Gasteiger partial charge < -0.3 is 23.5 Å². The molecule has 0 unspecified atom stereocenters. The van der Waals surface area contributed by atoms with Crippen molar-refractivity contribution in [1.82, 2.24) is 9.78 Å². The average Bonchev–Trinajstić information content (AvgIpc) is 2.95. The van der Waals surface area contributed by atoms with E-state index in [-0.39, 0.29) is 0 Å². The molecule has 1 N–H and O–H groups in total. The van der Waals surface area contributed by atoms with Crippen LogP contribution in [0.25, 0.3) is 11.5 Å². The number of aromatic nitrogens is 2. The summed E-state index contributed by atoms with van der Waals surface area (Å²) in [4.78, 5) is 1.73. The molecule has 1 aliphatic rings. The zero-order valence-corrected chi connectivity index (χ0v) is 14.0. The van der Waals surface area contributed by atoms with Crippen molar-refractivity contribution in [1.29, 1.82) is 0 Å². The highest BCUT2D eigenvalue weighted by Crippen LogP contribution is 2.32. The summed E-state index contributed by atoms with van der Waals surface area (Å²) in [6.45, 7) is 4.08.